The average Bonchev–Trinajstić information content (AvgIpc) is 2.49. The number of nitrogen functional groups attached to an aromatic ring is 1. The zero-order valence-electron chi connectivity index (χ0n) is 11.1. The maximum absolute atomic E-state index is 13.0. The van der Waals surface area contributed by atoms with Crippen LogP contribution in [0.25, 0.3) is 0 Å². The number of amides is 1. The van der Waals surface area contributed by atoms with Crippen LogP contribution in [0.5, 0.6) is 0 Å². The Kier molecular flexibility index (Phi) is 4.32. The number of hydrogen-bond acceptors (Lipinski definition) is 3. The van der Waals surface area contributed by atoms with Crippen LogP contribution in [0, 0.1) is 5.82 Å². The van der Waals surface area contributed by atoms with E-state index in [2.05, 4.69) is 5.43 Å². The Morgan fingerprint density at radius 1 is 1.20 bits per heavy atom. The summed E-state index contributed by atoms with van der Waals surface area (Å²) in [6.07, 6.45) is 0. The molecule has 0 aliphatic heterocycles. The lowest BCUT2D eigenvalue weighted by Crippen LogP contribution is -2.31. The van der Waals surface area contributed by atoms with Crippen LogP contribution in [-0.2, 0) is 0 Å². The lowest BCUT2D eigenvalue weighted by atomic mass is 10.1. The van der Waals surface area contributed by atoms with Gasteiger partial charge in [-0.15, -0.1) is 0 Å². The molecule has 0 radical (unpaired) electrons. The average molecular weight is 273 g/mol. The number of hydrogen-bond donors (Lipinski definition) is 2. The topological polar surface area (TPSA) is 58.4 Å². The Morgan fingerprint density at radius 2 is 1.85 bits per heavy atom. The van der Waals surface area contributed by atoms with Crippen LogP contribution in [0.3, 0.4) is 0 Å². The van der Waals surface area contributed by atoms with Gasteiger partial charge in [-0.3, -0.25) is 10.6 Å². The highest BCUT2D eigenvalue weighted by Crippen LogP contribution is 2.21. The first-order valence-corrected chi connectivity index (χ1v) is 6.30. The number of benzene rings is 2. The molecule has 0 bridgehead atoms. The number of nitrogens with zero attached hydrogens (tertiary/aromatic N) is 1. The van der Waals surface area contributed by atoms with E-state index < -0.39 is 0 Å². The van der Waals surface area contributed by atoms with E-state index in [1.54, 1.807) is 41.3 Å². The maximum Gasteiger partial charge on any atom is 0.260 e. The summed E-state index contributed by atoms with van der Waals surface area (Å²) in [5.74, 6) is 4.90. The lowest BCUT2D eigenvalue weighted by Gasteiger charge is -2.22. The number of nitrogens with one attached hydrogen (secondary N) is 1. The van der Waals surface area contributed by atoms with Gasteiger partial charge in [-0.2, -0.15) is 0 Å². The smallest absolute Gasteiger partial charge is 0.260 e. The molecule has 1 amide bonds. The molecule has 3 N–H and O–H groups in total. The molecule has 104 valence electrons. The molecule has 0 spiro atoms. The summed E-state index contributed by atoms with van der Waals surface area (Å²) in [4.78, 5) is 14.1. The van der Waals surface area contributed by atoms with Gasteiger partial charge in [-0.1, -0.05) is 12.1 Å². The van der Waals surface area contributed by atoms with Gasteiger partial charge in [0, 0.05) is 12.2 Å². The van der Waals surface area contributed by atoms with Crippen molar-refractivity contribution >= 4 is 17.3 Å². The van der Waals surface area contributed by atoms with E-state index in [-0.39, 0.29) is 11.7 Å². The zero-order chi connectivity index (χ0) is 14.5. The van der Waals surface area contributed by atoms with Gasteiger partial charge < -0.3 is 10.3 Å². The molecule has 4 nitrogen and oxygen atoms in total. The summed E-state index contributed by atoms with van der Waals surface area (Å²) < 4.78 is 13.0. The summed E-state index contributed by atoms with van der Waals surface area (Å²) in [7, 11) is 0. The quantitative estimate of drug-likeness (QED) is 0.665. The molecule has 5 heteroatoms. The molecule has 0 saturated carbocycles. The number of carbonyl (C=O) groups is 1. The monoisotopic (exact) mass is 273 g/mol. The minimum Gasteiger partial charge on any atom is -0.323 e. The van der Waals surface area contributed by atoms with Crippen LogP contribution in [0.2, 0.25) is 0 Å². The predicted molar refractivity (Wildman–Crippen MR) is 78.0 cm³/mol. The van der Waals surface area contributed by atoms with E-state index in [1.165, 1.54) is 12.1 Å². The summed E-state index contributed by atoms with van der Waals surface area (Å²) >= 11 is 0. The van der Waals surface area contributed by atoms with Gasteiger partial charge in [0.25, 0.3) is 5.91 Å². The Labute approximate surface area is 117 Å². The SMILES string of the molecule is CCN(C(=O)c1ccccc1NN)c1ccc(F)cc1. The van der Waals surface area contributed by atoms with E-state index in [0.29, 0.717) is 23.5 Å². The van der Waals surface area contributed by atoms with Gasteiger partial charge in [0.1, 0.15) is 5.82 Å². The summed E-state index contributed by atoms with van der Waals surface area (Å²) in [5.41, 5.74) is 4.18. The first-order valence-electron chi connectivity index (χ1n) is 6.30. The highest BCUT2D eigenvalue weighted by atomic mass is 19.1. The van der Waals surface area contributed by atoms with Gasteiger partial charge in [0.05, 0.1) is 11.3 Å². The first-order chi connectivity index (χ1) is 9.67. The fourth-order valence-electron chi connectivity index (χ4n) is 2.01. The van der Waals surface area contributed by atoms with Crippen LogP contribution in [0.1, 0.15) is 17.3 Å². The molecule has 0 fully saturated rings. The Morgan fingerprint density at radius 3 is 2.45 bits per heavy atom. The molecule has 2 aromatic rings. The number of carbonyl (C=O) groups excluding carboxylic acids is 1. The van der Waals surface area contributed by atoms with Crippen molar-refractivity contribution in [1.82, 2.24) is 0 Å². The van der Waals surface area contributed by atoms with Crippen LogP contribution in [0.15, 0.2) is 48.5 Å². The van der Waals surface area contributed by atoms with E-state index in [9.17, 15) is 9.18 Å². The normalized spacial score (nSPS) is 10.2. The largest absolute Gasteiger partial charge is 0.323 e. The van der Waals surface area contributed by atoms with Crippen molar-refractivity contribution in [3.63, 3.8) is 0 Å². The lowest BCUT2D eigenvalue weighted by molar-refractivity contribution is 0.0989. The third-order valence-corrected chi connectivity index (χ3v) is 3.01. The maximum atomic E-state index is 13.0. The molecule has 0 aliphatic carbocycles. The molecule has 2 aromatic carbocycles. The predicted octanol–water partition coefficient (Wildman–Crippen LogP) is 2.78. The van der Waals surface area contributed by atoms with Crippen molar-refractivity contribution in [2.45, 2.75) is 6.92 Å². The first kappa shape index (κ1) is 14.0. The second-order valence-corrected chi connectivity index (χ2v) is 4.22. The molecule has 0 atom stereocenters. The number of para-hydroxylation sites is 1. The molecule has 0 saturated heterocycles. The van der Waals surface area contributed by atoms with Crippen molar-refractivity contribution in [1.29, 1.82) is 0 Å². The molecule has 0 heterocycles. The van der Waals surface area contributed by atoms with E-state index in [0.717, 1.165) is 0 Å². The van der Waals surface area contributed by atoms with Crippen LogP contribution >= 0.6 is 0 Å². The number of halogens is 1. The van der Waals surface area contributed by atoms with Gasteiger partial charge in [-0.25, -0.2) is 4.39 Å². The Balaban J connectivity index is 2.36. The summed E-state index contributed by atoms with van der Waals surface area (Å²) in [6.45, 7) is 2.34. The van der Waals surface area contributed by atoms with Crippen LogP contribution in [0.4, 0.5) is 15.8 Å². The van der Waals surface area contributed by atoms with Crippen molar-refractivity contribution in [3.05, 3.63) is 59.9 Å². The van der Waals surface area contributed by atoms with Crippen LogP contribution in [-0.4, -0.2) is 12.5 Å². The number of rotatable bonds is 4. The molecule has 2 rings (SSSR count). The zero-order valence-corrected chi connectivity index (χ0v) is 11.1. The van der Waals surface area contributed by atoms with Crippen LogP contribution < -0.4 is 16.2 Å². The molecular weight excluding hydrogens is 257 g/mol. The van der Waals surface area contributed by atoms with Crippen molar-refractivity contribution in [3.8, 4) is 0 Å². The van der Waals surface area contributed by atoms with E-state index in [1.807, 2.05) is 6.92 Å². The summed E-state index contributed by atoms with van der Waals surface area (Å²) in [6, 6.07) is 12.8. The fraction of sp³-hybridized carbons (Fsp3) is 0.133. The standard InChI is InChI=1S/C15H16FN3O/c1-2-19(12-9-7-11(16)8-10-12)15(20)13-5-3-4-6-14(13)18-17/h3-10,18H,2,17H2,1H3. The molecule has 0 unspecified atom stereocenters. The Bertz CT molecular complexity index is 598. The number of nitrogens with two attached hydrogens (primary N) is 1. The third-order valence-electron chi connectivity index (χ3n) is 3.01. The van der Waals surface area contributed by atoms with E-state index in [4.69, 9.17) is 5.84 Å². The summed E-state index contributed by atoms with van der Waals surface area (Å²) in [5, 5.41) is 0. The van der Waals surface area contributed by atoms with Crippen molar-refractivity contribution < 1.29 is 9.18 Å². The number of hydrazine groups is 1. The van der Waals surface area contributed by atoms with Crippen molar-refractivity contribution in [2.75, 3.05) is 16.9 Å². The van der Waals surface area contributed by atoms with Crippen molar-refractivity contribution in [2.24, 2.45) is 5.84 Å². The molecule has 20 heavy (non-hydrogen) atoms. The molecule has 0 aromatic heterocycles. The fourth-order valence-corrected chi connectivity index (χ4v) is 2.01. The van der Waals surface area contributed by atoms with Gasteiger partial charge >= 0.3 is 0 Å². The van der Waals surface area contributed by atoms with E-state index >= 15 is 0 Å². The second-order valence-electron chi connectivity index (χ2n) is 4.22. The highest BCUT2D eigenvalue weighted by molar-refractivity contribution is 6.09. The minimum absolute atomic E-state index is 0.187. The van der Waals surface area contributed by atoms with Gasteiger partial charge in [-0.05, 0) is 43.3 Å². The number of anilines is 2. The molecule has 0 aliphatic rings. The highest BCUT2D eigenvalue weighted by Gasteiger charge is 2.18. The second kappa shape index (κ2) is 6.16. The molecular formula is C15H16FN3O. The van der Waals surface area contributed by atoms with Gasteiger partial charge in [0.2, 0.25) is 0 Å². The van der Waals surface area contributed by atoms with Gasteiger partial charge in [0.15, 0.2) is 0 Å². The third kappa shape index (κ3) is 2.78. The Hall–Kier alpha value is -2.40. The minimum atomic E-state index is -0.332.